The van der Waals surface area contributed by atoms with Gasteiger partial charge in [-0.05, 0) is 23.9 Å². The first kappa shape index (κ1) is 15.8. The Balaban J connectivity index is 2.59. The summed E-state index contributed by atoms with van der Waals surface area (Å²) in [4.78, 5) is 29.7. The number of nitrogens with zero attached hydrogens (tertiary/aromatic N) is 1. The molecule has 25 heavy (non-hydrogen) atoms. The van der Waals surface area contributed by atoms with E-state index in [0.717, 1.165) is 0 Å². The van der Waals surface area contributed by atoms with Gasteiger partial charge in [-0.25, -0.2) is 4.98 Å². The number of benzene rings is 2. The summed E-state index contributed by atoms with van der Waals surface area (Å²) in [6, 6.07) is 10.3. The number of halogens is 1. The fourth-order valence-electron chi connectivity index (χ4n) is 3.46. The molecule has 0 spiro atoms. The summed E-state index contributed by atoms with van der Waals surface area (Å²) in [6.07, 6.45) is 1.05. The van der Waals surface area contributed by atoms with Crippen LogP contribution in [-0.4, -0.2) is 10.1 Å². The van der Waals surface area contributed by atoms with E-state index in [9.17, 15) is 14.7 Å². The van der Waals surface area contributed by atoms with Crippen molar-refractivity contribution in [2.75, 3.05) is 0 Å². The lowest BCUT2D eigenvalue weighted by molar-refractivity contribution is 0.475. The van der Waals surface area contributed by atoms with Gasteiger partial charge in [0.2, 0.25) is 0 Å². The first-order valence-electron chi connectivity index (χ1n) is 8.07. The van der Waals surface area contributed by atoms with E-state index in [-0.39, 0.29) is 16.4 Å². The number of aliphatic hydroxyl groups excluding tert-OH is 1. The molecule has 0 radical (unpaired) electrons. The van der Waals surface area contributed by atoms with Crippen LogP contribution in [0.1, 0.15) is 19.8 Å². The predicted molar refractivity (Wildman–Crippen MR) is 99.4 cm³/mol. The molecule has 0 unspecified atom stereocenters. The minimum Gasteiger partial charge on any atom is -0.511 e. The maximum absolute atomic E-state index is 12.9. The van der Waals surface area contributed by atoms with Crippen LogP contribution in [0.25, 0.3) is 27.4 Å². The molecule has 0 saturated carbocycles. The van der Waals surface area contributed by atoms with Gasteiger partial charge in [0.1, 0.15) is 5.76 Å². The highest BCUT2D eigenvalue weighted by Gasteiger charge is 2.16. The van der Waals surface area contributed by atoms with E-state index in [1.807, 2.05) is 6.92 Å². The Morgan fingerprint density at radius 2 is 1.80 bits per heavy atom. The van der Waals surface area contributed by atoms with Gasteiger partial charge in [-0.15, -0.1) is 0 Å². The largest absolute Gasteiger partial charge is 0.511 e. The third kappa shape index (κ3) is 2.18. The van der Waals surface area contributed by atoms with Crippen LogP contribution in [0.4, 0.5) is 0 Å². The van der Waals surface area contributed by atoms with Crippen molar-refractivity contribution in [3.63, 3.8) is 0 Å². The minimum atomic E-state index is -0.495. The van der Waals surface area contributed by atoms with Crippen LogP contribution in [-0.2, 0) is 0 Å². The van der Waals surface area contributed by atoms with Crippen molar-refractivity contribution >= 4 is 39.0 Å². The maximum Gasteiger partial charge on any atom is 0.281 e. The average molecular weight is 352 g/mol. The van der Waals surface area contributed by atoms with Gasteiger partial charge in [-0.3, -0.25) is 9.59 Å². The number of hydrogen-bond donors (Lipinski definition) is 1. The van der Waals surface area contributed by atoms with Crippen molar-refractivity contribution in [2.45, 2.75) is 19.8 Å². The number of hydrogen-bond acceptors (Lipinski definition) is 4. The zero-order valence-corrected chi connectivity index (χ0v) is 14.2. The third-order valence-corrected chi connectivity index (χ3v) is 4.83. The molecular formula is C20H14ClNO3. The number of aromatic nitrogens is 1. The summed E-state index contributed by atoms with van der Waals surface area (Å²) >= 11 is 6.31. The van der Waals surface area contributed by atoms with E-state index in [1.54, 1.807) is 36.4 Å². The van der Waals surface area contributed by atoms with E-state index < -0.39 is 5.56 Å². The second kappa shape index (κ2) is 5.67. The number of aliphatic hydroxyl groups is 1. The molecule has 0 aromatic heterocycles. The van der Waals surface area contributed by atoms with Crippen LogP contribution in [0, 0.1) is 10.4 Å². The summed E-state index contributed by atoms with van der Waals surface area (Å²) in [5, 5.41) is 13.5. The van der Waals surface area contributed by atoms with E-state index in [1.165, 1.54) is 0 Å². The van der Waals surface area contributed by atoms with Gasteiger partial charge < -0.3 is 5.11 Å². The van der Waals surface area contributed by atoms with Gasteiger partial charge in [0.15, 0.2) is 5.43 Å². The SMILES string of the molecule is CCCC(O)=c1c(=O)nc2ccc(Cl)c3c2=c1c1ccccc1c3=O. The van der Waals surface area contributed by atoms with Gasteiger partial charge in [-0.2, -0.15) is 0 Å². The minimum absolute atomic E-state index is 0.00743. The first-order chi connectivity index (χ1) is 12.0. The molecule has 124 valence electrons. The summed E-state index contributed by atoms with van der Waals surface area (Å²) in [7, 11) is 0. The Morgan fingerprint density at radius 3 is 2.52 bits per heavy atom. The van der Waals surface area contributed by atoms with Crippen molar-refractivity contribution < 1.29 is 5.11 Å². The molecule has 5 heteroatoms. The Hall–Kier alpha value is -2.72. The molecule has 4 rings (SSSR count). The third-order valence-electron chi connectivity index (χ3n) is 4.51. The smallest absolute Gasteiger partial charge is 0.281 e. The van der Waals surface area contributed by atoms with Crippen molar-refractivity contribution in [3.05, 3.63) is 77.7 Å². The van der Waals surface area contributed by atoms with Crippen molar-refractivity contribution in [1.82, 2.24) is 4.98 Å². The van der Waals surface area contributed by atoms with Gasteiger partial charge in [0, 0.05) is 22.2 Å². The van der Waals surface area contributed by atoms with Crippen molar-refractivity contribution in [1.29, 1.82) is 0 Å². The summed E-state index contributed by atoms with van der Waals surface area (Å²) < 4.78 is 0. The maximum atomic E-state index is 12.9. The fraction of sp³-hybridized carbons (Fsp3) is 0.150. The first-order valence-corrected chi connectivity index (χ1v) is 8.44. The second-order valence-corrected chi connectivity index (χ2v) is 6.46. The summed E-state index contributed by atoms with van der Waals surface area (Å²) in [5.74, 6) is -0.00743. The molecule has 1 aliphatic heterocycles. The molecule has 4 nitrogen and oxygen atoms in total. The molecule has 1 aliphatic carbocycles. The normalized spacial score (nSPS) is 13.0. The van der Waals surface area contributed by atoms with E-state index >= 15 is 0 Å². The second-order valence-electron chi connectivity index (χ2n) is 6.05. The quantitative estimate of drug-likeness (QED) is 0.602. The summed E-state index contributed by atoms with van der Waals surface area (Å²) in [6.45, 7) is 1.92. The highest BCUT2D eigenvalue weighted by atomic mass is 35.5. The number of fused-ring (bicyclic) bond motifs is 2. The topological polar surface area (TPSA) is 67.3 Å². The Bertz CT molecular complexity index is 1360. The Morgan fingerprint density at radius 1 is 1.08 bits per heavy atom. The molecule has 1 N–H and O–H groups in total. The van der Waals surface area contributed by atoms with Gasteiger partial charge >= 0.3 is 0 Å². The molecule has 0 fully saturated rings. The van der Waals surface area contributed by atoms with Crippen LogP contribution in [0.5, 0.6) is 0 Å². The van der Waals surface area contributed by atoms with Crippen LogP contribution in [0.2, 0.25) is 5.02 Å². The van der Waals surface area contributed by atoms with Gasteiger partial charge in [0.05, 0.1) is 21.1 Å². The average Bonchev–Trinajstić information content (AvgIpc) is 2.60. The van der Waals surface area contributed by atoms with Crippen molar-refractivity contribution in [2.24, 2.45) is 0 Å². The van der Waals surface area contributed by atoms with Crippen LogP contribution < -0.4 is 16.2 Å². The zero-order valence-electron chi connectivity index (χ0n) is 13.5. The van der Waals surface area contributed by atoms with E-state index in [4.69, 9.17) is 11.6 Å². The molecule has 0 amide bonds. The molecule has 2 aromatic rings. The molecule has 2 aromatic carbocycles. The Labute approximate surface area is 147 Å². The highest BCUT2D eigenvalue weighted by Crippen LogP contribution is 2.23. The number of rotatable bonds is 2. The lowest BCUT2D eigenvalue weighted by Crippen LogP contribution is -2.32. The molecular weight excluding hydrogens is 338 g/mol. The van der Waals surface area contributed by atoms with Crippen LogP contribution >= 0.6 is 11.6 Å². The van der Waals surface area contributed by atoms with E-state index in [0.29, 0.717) is 50.0 Å². The molecule has 2 aliphatic rings. The van der Waals surface area contributed by atoms with Crippen LogP contribution in [0.3, 0.4) is 0 Å². The highest BCUT2D eigenvalue weighted by molar-refractivity contribution is 6.34. The predicted octanol–water partition coefficient (Wildman–Crippen LogP) is 3.11. The van der Waals surface area contributed by atoms with Crippen molar-refractivity contribution in [3.8, 4) is 0 Å². The fourth-order valence-corrected chi connectivity index (χ4v) is 3.71. The lowest BCUT2D eigenvalue weighted by Gasteiger charge is -2.08. The monoisotopic (exact) mass is 351 g/mol. The molecule has 0 bridgehead atoms. The molecule has 1 heterocycles. The lowest BCUT2D eigenvalue weighted by atomic mass is 9.98. The zero-order chi connectivity index (χ0) is 17.7. The summed E-state index contributed by atoms with van der Waals surface area (Å²) in [5.41, 5.74) is -0.277. The standard InChI is InChI=1S/C20H14ClNO3/c1-2-5-14(23)18-15-10-6-3-4-7-11(10)19(24)16-12(21)8-9-13(17(15)16)22-20(18)25/h3-4,6-9,23H,2,5H2,1H3. The van der Waals surface area contributed by atoms with Gasteiger partial charge in [-0.1, -0.05) is 42.8 Å². The molecule has 0 atom stereocenters. The van der Waals surface area contributed by atoms with E-state index in [2.05, 4.69) is 4.98 Å². The van der Waals surface area contributed by atoms with Crippen LogP contribution in [0.15, 0.2) is 46.0 Å². The Kier molecular flexibility index (Phi) is 3.58. The van der Waals surface area contributed by atoms with Gasteiger partial charge in [0.25, 0.3) is 5.56 Å². The molecule has 0 saturated heterocycles.